The molecule has 0 saturated carbocycles. The lowest BCUT2D eigenvalue weighted by Gasteiger charge is -2.07. The average molecular weight is 379 g/mol. The van der Waals surface area contributed by atoms with E-state index < -0.39 is 0 Å². The Kier molecular flexibility index (Phi) is 6.22. The fraction of sp³-hybridized carbons (Fsp3) is 0.143. The molecule has 27 heavy (non-hydrogen) atoms. The minimum atomic E-state index is 0.698. The van der Waals surface area contributed by atoms with Crippen LogP contribution < -0.4 is 14.9 Å². The number of thiazole rings is 1. The van der Waals surface area contributed by atoms with Gasteiger partial charge in [0.25, 0.3) is 0 Å². The highest BCUT2D eigenvalue weighted by Gasteiger charge is 2.04. The Balaban J connectivity index is 1.65. The van der Waals surface area contributed by atoms with Gasteiger partial charge in [-0.3, -0.25) is 5.43 Å². The maximum Gasteiger partial charge on any atom is 0.203 e. The number of allylic oxidation sites excluding steroid dienone is 1. The molecule has 3 rings (SSSR count). The molecule has 138 valence electrons. The Morgan fingerprint density at radius 1 is 1.07 bits per heavy atom. The molecule has 0 unspecified atom stereocenters. The van der Waals surface area contributed by atoms with Crippen molar-refractivity contribution < 1.29 is 9.47 Å². The highest BCUT2D eigenvalue weighted by Crippen LogP contribution is 2.28. The van der Waals surface area contributed by atoms with Gasteiger partial charge in [0.15, 0.2) is 11.5 Å². The van der Waals surface area contributed by atoms with E-state index in [0.717, 1.165) is 27.7 Å². The van der Waals surface area contributed by atoms with Crippen LogP contribution in [0.25, 0.3) is 17.3 Å². The highest BCUT2D eigenvalue weighted by atomic mass is 32.1. The summed E-state index contributed by atoms with van der Waals surface area (Å²) in [5.74, 6) is 1.41. The van der Waals surface area contributed by atoms with Crippen LogP contribution in [-0.2, 0) is 0 Å². The molecule has 2 aromatic carbocycles. The first-order chi connectivity index (χ1) is 13.2. The molecule has 0 fully saturated rings. The molecule has 0 saturated heterocycles. The van der Waals surface area contributed by atoms with Crippen LogP contribution in [0.5, 0.6) is 11.5 Å². The first-order valence-electron chi connectivity index (χ1n) is 8.41. The number of nitrogens with zero attached hydrogens (tertiary/aromatic N) is 2. The highest BCUT2D eigenvalue weighted by molar-refractivity contribution is 7.14. The van der Waals surface area contributed by atoms with Gasteiger partial charge in [-0.1, -0.05) is 42.5 Å². The molecule has 1 N–H and O–H groups in total. The van der Waals surface area contributed by atoms with Crippen molar-refractivity contribution in [3.8, 4) is 22.8 Å². The molecule has 0 bridgehead atoms. The maximum atomic E-state index is 5.32. The molecule has 0 aliphatic heterocycles. The van der Waals surface area contributed by atoms with E-state index in [1.807, 2.05) is 73.0 Å². The van der Waals surface area contributed by atoms with Crippen molar-refractivity contribution in [2.45, 2.75) is 6.92 Å². The third-order valence-corrected chi connectivity index (χ3v) is 4.57. The summed E-state index contributed by atoms with van der Waals surface area (Å²) in [5, 5.41) is 7.14. The van der Waals surface area contributed by atoms with Crippen molar-refractivity contribution >= 4 is 28.3 Å². The Hall–Kier alpha value is -3.12. The molecule has 0 radical (unpaired) electrons. The summed E-state index contributed by atoms with van der Waals surface area (Å²) in [6, 6.07) is 15.8. The second kappa shape index (κ2) is 9.00. The predicted molar refractivity (Wildman–Crippen MR) is 113 cm³/mol. The first-order valence-corrected chi connectivity index (χ1v) is 9.29. The number of rotatable bonds is 7. The van der Waals surface area contributed by atoms with Crippen LogP contribution in [0.4, 0.5) is 5.13 Å². The van der Waals surface area contributed by atoms with E-state index in [1.54, 1.807) is 14.2 Å². The van der Waals surface area contributed by atoms with E-state index >= 15 is 0 Å². The quantitative estimate of drug-likeness (QED) is 0.445. The summed E-state index contributed by atoms with van der Waals surface area (Å²) >= 11 is 1.53. The summed E-state index contributed by atoms with van der Waals surface area (Å²) in [6.45, 7) is 1.93. The normalized spacial score (nSPS) is 11.6. The fourth-order valence-electron chi connectivity index (χ4n) is 2.41. The van der Waals surface area contributed by atoms with Gasteiger partial charge in [-0.2, -0.15) is 5.10 Å². The maximum absolute atomic E-state index is 5.32. The van der Waals surface area contributed by atoms with E-state index in [2.05, 4.69) is 15.5 Å². The lowest BCUT2D eigenvalue weighted by Crippen LogP contribution is -1.94. The minimum absolute atomic E-state index is 0.698. The zero-order chi connectivity index (χ0) is 19.1. The lowest BCUT2D eigenvalue weighted by atomic mass is 10.1. The Morgan fingerprint density at radius 2 is 1.85 bits per heavy atom. The molecular weight excluding hydrogens is 358 g/mol. The standard InChI is InChI=1S/C21H21N3O2S/c1-15(9-10-16-11-12-19(25-2)20(13-16)26-3)23-24-21-22-18(14-27-21)17-7-5-4-6-8-17/h4-14H,1-3H3,(H,22,24)/b10-9+,23-15+. The molecule has 0 spiro atoms. The number of anilines is 1. The third kappa shape index (κ3) is 4.95. The Labute approximate surface area is 163 Å². The van der Waals surface area contributed by atoms with Gasteiger partial charge < -0.3 is 9.47 Å². The number of methoxy groups -OCH3 is 2. The molecule has 5 nitrogen and oxygen atoms in total. The van der Waals surface area contributed by atoms with E-state index in [1.165, 1.54) is 11.3 Å². The van der Waals surface area contributed by atoms with E-state index in [4.69, 9.17) is 9.47 Å². The van der Waals surface area contributed by atoms with Crippen LogP contribution in [0.2, 0.25) is 0 Å². The largest absolute Gasteiger partial charge is 0.493 e. The van der Waals surface area contributed by atoms with Gasteiger partial charge >= 0.3 is 0 Å². The predicted octanol–water partition coefficient (Wildman–Crippen LogP) is 5.33. The molecular formula is C21H21N3O2S. The number of hydrogen-bond donors (Lipinski definition) is 1. The summed E-state index contributed by atoms with van der Waals surface area (Å²) in [5.41, 5.74) is 6.88. The molecule has 1 aromatic heterocycles. The van der Waals surface area contributed by atoms with E-state index in [0.29, 0.717) is 11.5 Å². The van der Waals surface area contributed by atoms with Crippen LogP contribution in [0.15, 0.2) is 65.1 Å². The van der Waals surface area contributed by atoms with Crippen molar-refractivity contribution in [3.05, 3.63) is 65.6 Å². The summed E-state index contributed by atoms with van der Waals surface area (Å²) in [4.78, 5) is 4.56. The zero-order valence-corrected chi connectivity index (χ0v) is 16.3. The van der Waals surface area contributed by atoms with Gasteiger partial charge in [0.2, 0.25) is 5.13 Å². The third-order valence-electron chi connectivity index (χ3n) is 3.83. The average Bonchev–Trinajstić information content (AvgIpc) is 3.20. The van der Waals surface area contributed by atoms with Crippen molar-refractivity contribution in [1.29, 1.82) is 0 Å². The van der Waals surface area contributed by atoms with E-state index in [9.17, 15) is 0 Å². The molecule has 0 aliphatic carbocycles. The van der Waals surface area contributed by atoms with Crippen molar-refractivity contribution in [1.82, 2.24) is 4.98 Å². The topological polar surface area (TPSA) is 55.7 Å². The summed E-state index contributed by atoms with van der Waals surface area (Å²) in [7, 11) is 3.25. The van der Waals surface area contributed by atoms with Crippen molar-refractivity contribution in [3.63, 3.8) is 0 Å². The monoisotopic (exact) mass is 379 g/mol. The van der Waals surface area contributed by atoms with Crippen molar-refractivity contribution in [2.75, 3.05) is 19.6 Å². The van der Waals surface area contributed by atoms with Crippen LogP contribution in [0.1, 0.15) is 12.5 Å². The Bertz CT molecular complexity index is 949. The second-order valence-corrected chi connectivity index (χ2v) is 6.57. The molecule has 0 aliphatic rings. The van der Waals surface area contributed by atoms with Gasteiger partial charge in [0.05, 0.1) is 25.6 Å². The van der Waals surface area contributed by atoms with E-state index in [-0.39, 0.29) is 0 Å². The Morgan fingerprint density at radius 3 is 2.59 bits per heavy atom. The van der Waals surface area contributed by atoms with Gasteiger partial charge in [-0.15, -0.1) is 11.3 Å². The summed E-state index contributed by atoms with van der Waals surface area (Å²) < 4.78 is 10.6. The van der Waals surface area contributed by atoms with Gasteiger partial charge in [-0.25, -0.2) is 4.98 Å². The molecule has 3 aromatic rings. The van der Waals surface area contributed by atoms with Crippen LogP contribution in [0.3, 0.4) is 0 Å². The number of aromatic nitrogens is 1. The van der Waals surface area contributed by atoms with Crippen molar-refractivity contribution in [2.24, 2.45) is 5.10 Å². The molecule has 0 amide bonds. The number of hydrazone groups is 1. The minimum Gasteiger partial charge on any atom is -0.493 e. The fourth-order valence-corrected chi connectivity index (χ4v) is 3.07. The second-order valence-electron chi connectivity index (χ2n) is 5.72. The summed E-state index contributed by atoms with van der Waals surface area (Å²) in [6.07, 6.45) is 3.90. The SMILES string of the molecule is COc1ccc(/C=C/C(C)=N/Nc2nc(-c3ccccc3)cs2)cc1OC. The number of ether oxygens (including phenoxy) is 2. The zero-order valence-electron chi connectivity index (χ0n) is 15.5. The number of nitrogens with one attached hydrogen (secondary N) is 1. The van der Waals surface area contributed by atoms with Gasteiger partial charge in [0.1, 0.15) is 0 Å². The van der Waals surface area contributed by atoms with Crippen LogP contribution in [-0.4, -0.2) is 24.9 Å². The van der Waals surface area contributed by atoms with Gasteiger partial charge in [-0.05, 0) is 30.7 Å². The molecule has 0 atom stereocenters. The first kappa shape index (κ1) is 18.7. The lowest BCUT2D eigenvalue weighted by molar-refractivity contribution is 0.355. The molecule has 1 heterocycles. The van der Waals surface area contributed by atoms with Crippen LogP contribution in [0, 0.1) is 0 Å². The van der Waals surface area contributed by atoms with Gasteiger partial charge in [0, 0.05) is 10.9 Å². The van der Waals surface area contributed by atoms with Crippen LogP contribution >= 0.6 is 11.3 Å². The number of hydrogen-bond acceptors (Lipinski definition) is 6. The molecule has 6 heteroatoms. The number of benzene rings is 2. The smallest absolute Gasteiger partial charge is 0.203 e.